The van der Waals surface area contributed by atoms with Gasteiger partial charge in [-0.1, -0.05) is 54.4 Å². The lowest BCUT2D eigenvalue weighted by Gasteiger charge is -2.31. The molecule has 0 N–H and O–H groups in total. The highest BCUT2D eigenvalue weighted by atomic mass is 16.5. The Balaban J connectivity index is -0.000000548. The van der Waals surface area contributed by atoms with Gasteiger partial charge in [0.15, 0.2) is 0 Å². The van der Waals surface area contributed by atoms with Crippen LogP contribution in [-0.2, 0) is 23.7 Å². The molecule has 0 rings (SSSR count). The van der Waals surface area contributed by atoms with E-state index in [1.165, 1.54) is 12.8 Å². The minimum Gasteiger partial charge on any atom is -0.381 e. The van der Waals surface area contributed by atoms with Crippen LogP contribution in [0.3, 0.4) is 0 Å². The minimum atomic E-state index is 0.123. The Bertz CT molecular complexity index is 267. The summed E-state index contributed by atoms with van der Waals surface area (Å²) in [7, 11) is 0. The van der Waals surface area contributed by atoms with Gasteiger partial charge in [-0.25, -0.2) is 0 Å². The Morgan fingerprint density at radius 2 is 0.933 bits per heavy atom. The first-order valence-electron chi connectivity index (χ1n) is 12.4. The molecular formula is C25H56O5. The summed E-state index contributed by atoms with van der Waals surface area (Å²) in [6, 6.07) is 0. The molecule has 0 aliphatic heterocycles. The van der Waals surface area contributed by atoms with E-state index < -0.39 is 0 Å². The quantitative estimate of drug-likeness (QED) is 0.233. The van der Waals surface area contributed by atoms with Gasteiger partial charge in [-0.05, 0) is 39.5 Å². The Labute approximate surface area is 189 Å². The smallest absolute Gasteiger partial charge is 0.0700 e. The van der Waals surface area contributed by atoms with Crippen LogP contribution in [-0.4, -0.2) is 66.1 Å². The maximum atomic E-state index is 5.72. The zero-order valence-electron chi connectivity index (χ0n) is 22.0. The number of ether oxygens (including phenoxy) is 5. The van der Waals surface area contributed by atoms with Gasteiger partial charge in [0.1, 0.15) is 0 Å². The monoisotopic (exact) mass is 436 g/mol. The molecule has 0 aromatic heterocycles. The second-order valence-electron chi connectivity index (χ2n) is 7.59. The average molecular weight is 437 g/mol. The fourth-order valence-electron chi connectivity index (χ4n) is 2.24. The second kappa shape index (κ2) is 28.8. The van der Waals surface area contributed by atoms with Crippen molar-refractivity contribution in [1.82, 2.24) is 0 Å². The first kappa shape index (κ1) is 34.4. The normalized spacial score (nSPS) is 11.9. The van der Waals surface area contributed by atoms with Gasteiger partial charge in [0.25, 0.3) is 0 Å². The third-order valence-corrected chi connectivity index (χ3v) is 4.77. The Morgan fingerprint density at radius 1 is 0.567 bits per heavy atom. The van der Waals surface area contributed by atoms with E-state index in [4.69, 9.17) is 23.7 Å². The van der Waals surface area contributed by atoms with E-state index in [0.717, 1.165) is 58.4 Å². The van der Waals surface area contributed by atoms with Crippen molar-refractivity contribution in [1.29, 1.82) is 0 Å². The van der Waals surface area contributed by atoms with E-state index in [0.29, 0.717) is 26.4 Å². The summed E-state index contributed by atoms with van der Waals surface area (Å²) in [5.41, 5.74) is 0.123. The molecule has 0 radical (unpaired) electrons. The summed E-state index contributed by atoms with van der Waals surface area (Å²) in [4.78, 5) is 0. The van der Waals surface area contributed by atoms with E-state index in [2.05, 4.69) is 41.5 Å². The maximum absolute atomic E-state index is 5.72. The molecule has 0 amide bonds. The van der Waals surface area contributed by atoms with Crippen LogP contribution in [0.1, 0.15) is 88.0 Å². The van der Waals surface area contributed by atoms with Gasteiger partial charge in [0.05, 0.1) is 39.6 Å². The molecule has 0 aromatic rings. The lowest BCUT2D eigenvalue weighted by atomic mass is 9.84. The van der Waals surface area contributed by atoms with Crippen LogP contribution in [0.25, 0.3) is 0 Å². The van der Waals surface area contributed by atoms with Gasteiger partial charge < -0.3 is 23.7 Å². The SMILES string of the molecule is CCC.CCOCC(C)CC.CCOCCOCC(CC)(CC)COCCOCC. The number of hydrogen-bond acceptors (Lipinski definition) is 5. The molecule has 5 heteroatoms. The van der Waals surface area contributed by atoms with Gasteiger partial charge in [-0.15, -0.1) is 0 Å². The zero-order valence-corrected chi connectivity index (χ0v) is 22.0. The highest BCUT2D eigenvalue weighted by molar-refractivity contribution is 4.76. The molecule has 1 unspecified atom stereocenters. The molecule has 0 bridgehead atoms. The van der Waals surface area contributed by atoms with E-state index in [9.17, 15) is 0 Å². The zero-order chi connectivity index (χ0) is 23.5. The molecule has 0 saturated heterocycles. The van der Waals surface area contributed by atoms with Gasteiger partial charge >= 0.3 is 0 Å². The molecule has 0 aliphatic carbocycles. The van der Waals surface area contributed by atoms with Crippen molar-refractivity contribution < 1.29 is 23.7 Å². The van der Waals surface area contributed by atoms with Crippen molar-refractivity contribution in [3.8, 4) is 0 Å². The third-order valence-electron chi connectivity index (χ3n) is 4.77. The van der Waals surface area contributed by atoms with Crippen LogP contribution >= 0.6 is 0 Å². The molecule has 0 aliphatic rings. The summed E-state index contributed by atoms with van der Waals surface area (Å²) in [5, 5.41) is 0. The molecule has 1 atom stereocenters. The maximum Gasteiger partial charge on any atom is 0.0700 e. The van der Waals surface area contributed by atoms with Crippen LogP contribution in [0.4, 0.5) is 0 Å². The molecule has 0 fully saturated rings. The van der Waals surface area contributed by atoms with Gasteiger partial charge in [-0.3, -0.25) is 0 Å². The highest BCUT2D eigenvalue weighted by Crippen LogP contribution is 2.27. The van der Waals surface area contributed by atoms with Crippen molar-refractivity contribution >= 4 is 0 Å². The predicted molar refractivity (Wildman–Crippen MR) is 130 cm³/mol. The largest absolute Gasteiger partial charge is 0.381 e. The highest BCUT2D eigenvalue weighted by Gasteiger charge is 2.26. The van der Waals surface area contributed by atoms with Crippen LogP contribution in [0.5, 0.6) is 0 Å². The summed E-state index contributed by atoms with van der Waals surface area (Å²) in [6.07, 6.45) is 4.60. The van der Waals surface area contributed by atoms with Crippen molar-refractivity contribution in [3.05, 3.63) is 0 Å². The van der Waals surface area contributed by atoms with E-state index >= 15 is 0 Å². The average Bonchev–Trinajstić information content (AvgIpc) is 2.77. The van der Waals surface area contributed by atoms with Crippen molar-refractivity contribution in [2.45, 2.75) is 88.0 Å². The lowest BCUT2D eigenvalue weighted by molar-refractivity contribution is -0.0492. The van der Waals surface area contributed by atoms with E-state index in [-0.39, 0.29) is 5.41 Å². The summed E-state index contributed by atoms with van der Waals surface area (Å²) in [5.74, 6) is 0.731. The third kappa shape index (κ3) is 25.8. The Hall–Kier alpha value is -0.200. The molecule has 30 heavy (non-hydrogen) atoms. The van der Waals surface area contributed by atoms with Crippen LogP contribution in [0.2, 0.25) is 0 Å². The summed E-state index contributed by atoms with van der Waals surface area (Å²) < 4.78 is 27.2. The molecule has 0 heterocycles. The summed E-state index contributed by atoms with van der Waals surface area (Å²) >= 11 is 0. The molecule has 0 saturated carbocycles. The van der Waals surface area contributed by atoms with Crippen LogP contribution < -0.4 is 0 Å². The van der Waals surface area contributed by atoms with Gasteiger partial charge in [0.2, 0.25) is 0 Å². The molecule has 186 valence electrons. The Morgan fingerprint density at radius 3 is 1.23 bits per heavy atom. The van der Waals surface area contributed by atoms with E-state index in [1.54, 1.807) is 0 Å². The molecular weight excluding hydrogens is 380 g/mol. The predicted octanol–water partition coefficient (Wildman–Crippen LogP) is 6.38. The Kier molecular flexibility index (Phi) is 33.0. The standard InChI is InChI=1S/C15H32O4.C7H16O.C3H8/c1-5-15(6-2,13-18-11-9-16-7-3)14-19-12-10-17-8-4;1-4-7(3)6-8-5-2;1-3-2/h5-14H2,1-4H3;7H,4-6H2,1-3H3;3H2,1-2H3. The fourth-order valence-corrected chi connectivity index (χ4v) is 2.24. The van der Waals surface area contributed by atoms with Crippen LogP contribution in [0.15, 0.2) is 0 Å². The van der Waals surface area contributed by atoms with Crippen molar-refractivity contribution in [2.75, 3.05) is 66.1 Å². The molecule has 5 nitrogen and oxygen atoms in total. The lowest BCUT2D eigenvalue weighted by Crippen LogP contribution is -2.32. The number of rotatable bonds is 18. The topological polar surface area (TPSA) is 46.2 Å². The van der Waals surface area contributed by atoms with Gasteiger partial charge in [0, 0.05) is 31.8 Å². The van der Waals surface area contributed by atoms with Crippen molar-refractivity contribution in [2.24, 2.45) is 11.3 Å². The second-order valence-corrected chi connectivity index (χ2v) is 7.59. The summed E-state index contributed by atoms with van der Waals surface area (Å²) in [6.45, 7) is 26.5. The van der Waals surface area contributed by atoms with Crippen LogP contribution in [0, 0.1) is 11.3 Å². The molecule has 0 spiro atoms. The minimum absolute atomic E-state index is 0.123. The molecule has 0 aromatic carbocycles. The fraction of sp³-hybridized carbons (Fsp3) is 1.00. The first-order valence-corrected chi connectivity index (χ1v) is 12.4. The van der Waals surface area contributed by atoms with Crippen molar-refractivity contribution in [3.63, 3.8) is 0 Å². The van der Waals surface area contributed by atoms with Gasteiger partial charge in [-0.2, -0.15) is 0 Å². The number of hydrogen-bond donors (Lipinski definition) is 0. The first-order chi connectivity index (χ1) is 14.5. The van der Waals surface area contributed by atoms with E-state index in [1.807, 2.05) is 20.8 Å².